The van der Waals surface area contributed by atoms with Crippen molar-refractivity contribution in [1.82, 2.24) is 15.0 Å². The van der Waals surface area contributed by atoms with Gasteiger partial charge in [-0.2, -0.15) is 0 Å². The number of fused-ring (bicyclic) bond motifs is 10. The van der Waals surface area contributed by atoms with E-state index in [4.69, 9.17) is 9.97 Å². The summed E-state index contributed by atoms with van der Waals surface area (Å²) in [6, 6.07) is 69.5. The van der Waals surface area contributed by atoms with Crippen molar-refractivity contribution in [1.29, 1.82) is 0 Å². The number of benzene rings is 7. The van der Waals surface area contributed by atoms with E-state index in [0.717, 1.165) is 44.9 Å². The molecule has 0 radical (unpaired) electrons. The van der Waals surface area contributed by atoms with Gasteiger partial charge in [-0.15, -0.1) is 0 Å². The van der Waals surface area contributed by atoms with E-state index >= 15 is 0 Å². The van der Waals surface area contributed by atoms with Gasteiger partial charge in [0.2, 0.25) is 0 Å². The fraction of sp³-hybridized carbons (Fsp3) is 0.0192. The first kappa shape index (κ1) is 31.3. The Morgan fingerprint density at radius 1 is 0.309 bits per heavy atom. The van der Waals surface area contributed by atoms with Gasteiger partial charge in [-0.3, -0.25) is 4.98 Å². The third-order valence-corrected chi connectivity index (χ3v) is 11.4. The Labute approximate surface area is 320 Å². The molecule has 2 heterocycles. The van der Waals surface area contributed by atoms with Gasteiger partial charge >= 0.3 is 0 Å². The molecule has 0 saturated heterocycles. The Morgan fingerprint density at radius 2 is 0.818 bits per heavy atom. The second kappa shape index (κ2) is 12.4. The molecular formula is C52H33N3. The van der Waals surface area contributed by atoms with Crippen LogP contribution in [-0.4, -0.2) is 15.0 Å². The van der Waals surface area contributed by atoms with Gasteiger partial charge < -0.3 is 0 Å². The fourth-order valence-electron chi connectivity index (χ4n) is 9.03. The van der Waals surface area contributed by atoms with Gasteiger partial charge in [0.1, 0.15) is 0 Å². The van der Waals surface area contributed by atoms with Crippen LogP contribution in [0.15, 0.2) is 200 Å². The van der Waals surface area contributed by atoms with Crippen LogP contribution in [0.1, 0.15) is 22.3 Å². The van der Waals surface area contributed by atoms with Crippen LogP contribution in [0.5, 0.6) is 0 Å². The van der Waals surface area contributed by atoms with E-state index in [2.05, 4.69) is 175 Å². The molecule has 0 N–H and O–H groups in total. The molecular weight excluding hydrogens is 667 g/mol. The smallest absolute Gasteiger partial charge is 0.160 e. The Hall–Kier alpha value is -7.23. The normalized spacial score (nSPS) is 12.9. The average Bonchev–Trinajstić information content (AvgIpc) is 3.75. The van der Waals surface area contributed by atoms with Crippen molar-refractivity contribution in [3.63, 3.8) is 0 Å². The summed E-state index contributed by atoms with van der Waals surface area (Å²) in [5.41, 5.74) is 19.4. The number of hydrogen-bond acceptors (Lipinski definition) is 3. The second-order valence-electron chi connectivity index (χ2n) is 14.3. The lowest BCUT2D eigenvalue weighted by Gasteiger charge is -2.30. The molecule has 2 aliphatic rings. The first-order valence-electron chi connectivity index (χ1n) is 18.8. The maximum absolute atomic E-state index is 5.23. The van der Waals surface area contributed by atoms with Crippen LogP contribution >= 0.6 is 0 Å². The summed E-state index contributed by atoms with van der Waals surface area (Å²) in [4.78, 5) is 14.9. The third-order valence-electron chi connectivity index (χ3n) is 11.4. The summed E-state index contributed by atoms with van der Waals surface area (Å²) in [6.45, 7) is 0. The molecule has 1 spiro atoms. The Morgan fingerprint density at radius 3 is 1.53 bits per heavy atom. The van der Waals surface area contributed by atoms with Crippen LogP contribution in [0.4, 0.5) is 0 Å². The van der Waals surface area contributed by atoms with E-state index in [0.29, 0.717) is 5.82 Å². The summed E-state index contributed by atoms with van der Waals surface area (Å²) < 4.78 is 0. The number of pyridine rings is 1. The number of nitrogens with zero attached hydrogens (tertiary/aromatic N) is 3. The molecule has 256 valence electrons. The summed E-state index contributed by atoms with van der Waals surface area (Å²) in [6.07, 6.45) is 1.82. The highest BCUT2D eigenvalue weighted by molar-refractivity contribution is 6.00. The second-order valence-corrected chi connectivity index (χ2v) is 14.3. The van der Waals surface area contributed by atoms with Gasteiger partial charge in [0.05, 0.1) is 22.5 Å². The van der Waals surface area contributed by atoms with Crippen LogP contribution in [-0.2, 0) is 5.41 Å². The minimum atomic E-state index is -0.384. The summed E-state index contributed by atoms with van der Waals surface area (Å²) in [5, 5.41) is 0. The molecule has 55 heavy (non-hydrogen) atoms. The van der Waals surface area contributed by atoms with E-state index in [1.54, 1.807) is 0 Å². The molecule has 3 heteroatoms. The molecule has 0 unspecified atom stereocenters. The molecule has 9 aromatic rings. The Bertz CT molecular complexity index is 2870. The molecule has 0 fully saturated rings. The highest BCUT2D eigenvalue weighted by Gasteiger charge is 2.51. The van der Waals surface area contributed by atoms with E-state index < -0.39 is 0 Å². The molecule has 0 aliphatic heterocycles. The lowest BCUT2D eigenvalue weighted by Crippen LogP contribution is -2.25. The molecule has 2 aliphatic carbocycles. The molecule has 0 amide bonds. The number of aromatic nitrogens is 3. The Balaban J connectivity index is 1.07. The highest BCUT2D eigenvalue weighted by Crippen LogP contribution is 2.63. The van der Waals surface area contributed by atoms with Crippen LogP contribution in [0.25, 0.3) is 78.5 Å². The van der Waals surface area contributed by atoms with Crippen LogP contribution < -0.4 is 0 Å². The van der Waals surface area contributed by atoms with E-state index in [1.807, 2.05) is 30.5 Å². The van der Waals surface area contributed by atoms with Crippen molar-refractivity contribution < 1.29 is 0 Å². The van der Waals surface area contributed by atoms with Crippen molar-refractivity contribution in [3.8, 4) is 78.5 Å². The van der Waals surface area contributed by atoms with Gasteiger partial charge in [-0.25, -0.2) is 9.97 Å². The SMILES string of the molecule is c1ccc(-c2cc(-c3cccc(-c4cccc5c4-c4ccccc4C54c5ccccc5-c5ccccc54)c3)nc(-c3ccc(-c4ccccn4)cc3)n2)cc1. The number of hydrogen-bond donors (Lipinski definition) is 0. The monoisotopic (exact) mass is 699 g/mol. The van der Waals surface area contributed by atoms with Gasteiger partial charge in [0, 0.05) is 28.5 Å². The van der Waals surface area contributed by atoms with Crippen molar-refractivity contribution in [2.24, 2.45) is 0 Å². The molecule has 11 rings (SSSR count). The summed E-state index contributed by atoms with van der Waals surface area (Å²) in [7, 11) is 0. The van der Waals surface area contributed by atoms with Crippen LogP contribution in [0.3, 0.4) is 0 Å². The molecule has 0 atom stereocenters. The fourth-order valence-corrected chi connectivity index (χ4v) is 9.03. The highest BCUT2D eigenvalue weighted by atomic mass is 14.9. The van der Waals surface area contributed by atoms with Gasteiger partial charge in [0.25, 0.3) is 0 Å². The predicted octanol–water partition coefficient (Wildman–Crippen LogP) is 12.6. The first-order chi connectivity index (χ1) is 27.3. The zero-order chi connectivity index (χ0) is 36.3. The topological polar surface area (TPSA) is 38.7 Å². The molecule has 7 aromatic carbocycles. The van der Waals surface area contributed by atoms with E-state index in [-0.39, 0.29) is 5.41 Å². The van der Waals surface area contributed by atoms with E-state index in [1.165, 1.54) is 50.1 Å². The largest absolute Gasteiger partial charge is 0.256 e. The van der Waals surface area contributed by atoms with Crippen molar-refractivity contribution >= 4 is 0 Å². The minimum Gasteiger partial charge on any atom is -0.256 e. The standard InChI is InChI=1S/C52H33N3/c1-2-14-34(15-3-1)48-33-49(55-51(54-48)36-29-27-35(28-30-36)47-26-10-11-31-53-47)38-17-12-16-37(32-38)39-21-13-25-46-50(39)42-20-6-9-24-45(42)52(46)43-22-7-4-18-40(43)41-19-5-8-23-44(41)52/h1-33H. The minimum absolute atomic E-state index is 0.384. The van der Waals surface area contributed by atoms with Crippen LogP contribution in [0, 0.1) is 0 Å². The lowest BCUT2D eigenvalue weighted by molar-refractivity contribution is 0.794. The van der Waals surface area contributed by atoms with Crippen molar-refractivity contribution in [2.75, 3.05) is 0 Å². The van der Waals surface area contributed by atoms with Gasteiger partial charge in [0.15, 0.2) is 5.82 Å². The summed E-state index contributed by atoms with van der Waals surface area (Å²) >= 11 is 0. The maximum Gasteiger partial charge on any atom is 0.160 e. The molecule has 0 saturated carbocycles. The third kappa shape index (κ3) is 4.80. The summed E-state index contributed by atoms with van der Waals surface area (Å²) in [5.74, 6) is 0.685. The van der Waals surface area contributed by atoms with Crippen LogP contribution in [0.2, 0.25) is 0 Å². The maximum atomic E-state index is 5.23. The average molecular weight is 700 g/mol. The van der Waals surface area contributed by atoms with E-state index in [9.17, 15) is 0 Å². The van der Waals surface area contributed by atoms with Gasteiger partial charge in [-0.1, -0.05) is 170 Å². The zero-order valence-corrected chi connectivity index (χ0v) is 29.9. The van der Waals surface area contributed by atoms with Crippen molar-refractivity contribution in [2.45, 2.75) is 5.41 Å². The molecule has 2 aromatic heterocycles. The quantitative estimate of drug-likeness (QED) is 0.179. The lowest BCUT2D eigenvalue weighted by atomic mass is 9.70. The first-order valence-corrected chi connectivity index (χ1v) is 18.8. The van der Waals surface area contributed by atoms with Gasteiger partial charge in [-0.05, 0) is 79.9 Å². The van der Waals surface area contributed by atoms with Crippen molar-refractivity contribution in [3.05, 3.63) is 223 Å². The zero-order valence-electron chi connectivity index (χ0n) is 29.9. The molecule has 0 bridgehead atoms. The molecule has 3 nitrogen and oxygen atoms in total. The Kier molecular flexibility index (Phi) is 7.08. The number of rotatable bonds is 5. The predicted molar refractivity (Wildman–Crippen MR) is 223 cm³/mol.